The van der Waals surface area contributed by atoms with E-state index in [9.17, 15) is 0 Å². The van der Waals surface area contributed by atoms with Crippen molar-refractivity contribution in [3.8, 4) is 5.75 Å². The van der Waals surface area contributed by atoms with Crippen LogP contribution in [-0.2, 0) is 6.42 Å². The molecule has 1 aliphatic heterocycles. The van der Waals surface area contributed by atoms with E-state index >= 15 is 0 Å². The second kappa shape index (κ2) is 8.16. The zero-order chi connectivity index (χ0) is 15.9. The van der Waals surface area contributed by atoms with Crippen molar-refractivity contribution < 1.29 is 4.74 Å². The van der Waals surface area contributed by atoms with Gasteiger partial charge in [0, 0.05) is 19.0 Å². The molecule has 0 amide bonds. The molecule has 1 atom stereocenters. The molecule has 0 aliphatic carbocycles. The van der Waals surface area contributed by atoms with E-state index in [1.165, 1.54) is 36.9 Å². The van der Waals surface area contributed by atoms with Crippen LogP contribution in [0.2, 0.25) is 0 Å². The fraction of sp³-hybridized carbons (Fsp3) is 0.429. The summed E-state index contributed by atoms with van der Waals surface area (Å²) >= 11 is 0. The van der Waals surface area contributed by atoms with Crippen molar-refractivity contribution in [3.05, 3.63) is 65.7 Å². The van der Waals surface area contributed by atoms with E-state index in [2.05, 4.69) is 66.4 Å². The minimum Gasteiger partial charge on any atom is -0.492 e. The third-order valence-electron chi connectivity index (χ3n) is 4.79. The lowest BCUT2D eigenvalue weighted by Crippen LogP contribution is -2.39. The topological polar surface area (TPSA) is 12.5 Å². The maximum atomic E-state index is 6.12. The Morgan fingerprint density at radius 3 is 2.61 bits per heavy atom. The van der Waals surface area contributed by atoms with Gasteiger partial charge >= 0.3 is 0 Å². The predicted octanol–water partition coefficient (Wildman–Crippen LogP) is 4.53. The molecule has 1 saturated heterocycles. The first-order valence-corrected chi connectivity index (χ1v) is 8.81. The largest absolute Gasteiger partial charge is 0.492 e. The van der Waals surface area contributed by atoms with Crippen molar-refractivity contribution in [1.29, 1.82) is 0 Å². The summed E-state index contributed by atoms with van der Waals surface area (Å²) in [5, 5.41) is 0. The highest BCUT2D eigenvalue weighted by molar-refractivity contribution is 5.37. The van der Waals surface area contributed by atoms with Gasteiger partial charge in [-0.25, -0.2) is 0 Å². The lowest BCUT2D eigenvalue weighted by atomic mass is 10.0. The normalized spacial score (nSPS) is 18.7. The van der Waals surface area contributed by atoms with Crippen LogP contribution in [0.1, 0.15) is 37.3 Å². The maximum absolute atomic E-state index is 6.12. The lowest BCUT2D eigenvalue weighted by molar-refractivity contribution is 0.133. The smallest absolute Gasteiger partial charge is 0.122 e. The van der Waals surface area contributed by atoms with Gasteiger partial charge in [0.2, 0.25) is 0 Å². The monoisotopic (exact) mass is 309 g/mol. The quantitative estimate of drug-likeness (QED) is 0.777. The Labute approximate surface area is 140 Å². The molecular weight excluding hydrogens is 282 g/mol. The zero-order valence-corrected chi connectivity index (χ0v) is 14.1. The predicted molar refractivity (Wildman–Crippen MR) is 96.1 cm³/mol. The first-order valence-electron chi connectivity index (χ1n) is 8.81. The van der Waals surface area contributed by atoms with Crippen LogP contribution < -0.4 is 4.74 Å². The van der Waals surface area contributed by atoms with Gasteiger partial charge in [-0.15, -0.1) is 0 Å². The van der Waals surface area contributed by atoms with Gasteiger partial charge in [0.1, 0.15) is 12.4 Å². The summed E-state index contributed by atoms with van der Waals surface area (Å²) in [6.45, 7) is 5.36. The number of nitrogens with zero attached hydrogens (tertiary/aromatic N) is 1. The summed E-state index contributed by atoms with van der Waals surface area (Å²) < 4.78 is 6.12. The molecule has 0 aromatic heterocycles. The molecule has 0 saturated carbocycles. The first-order chi connectivity index (χ1) is 11.3. The molecule has 1 unspecified atom stereocenters. The molecule has 0 N–H and O–H groups in total. The fourth-order valence-electron chi connectivity index (χ4n) is 3.37. The summed E-state index contributed by atoms with van der Waals surface area (Å²) in [4.78, 5) is 2.56. The van der Waals surface area contributed by atoms with Crippen molar-refractivity contribution in [3.63, 3.8) is 0 Å². The van der Waals surface area contributed by atoms with E-state index < -0.39 is 0 Å². The van der Waals surface area contributed by atoms with Crippen molar-refractivity contribution >= 4 is 0 Å². The molecule has 1 heterocycles. The van der Waals surface area contributed by atoms with Crippen LogP contribution in [0, 0.1) is 0 Å². The minimum absolute atomic E-state index is 0.701. The molecule has 0 radical (unpaired) electrons. The van der Waals surface area contributed by atoms with Gasteiger partial charge in [0.25, 0.3) is 0 Å². The number of likely N-dealkylation sites (tertiary alicyclic amines) is 1. The molecule has 122 valence electrons. The second-order valence-electron chi connectivity index (χ2n) is 6.50. The van der Waals surface area contributed by atoms with Crippen molar-refractivity contribution in [2.24, 2.45) is 0 Å². The maximum Gasteiger partial charge on any atom is 0.122 e. The van der Waals surface area contributed by atoms with Crippen LogP contribution in [0.25, 0.3) is 0 Å². The van der Waals surface area contributed by atoms with Crippen LogP contribution in [0.3, 0.4) is 0 Å². The number of para-hydroxylation sites is 1. The Morgan fingerprint density at radius 1 is 1.00 bits per heavy atom. The Kier molecular flexibility index (Phi) is 5.71. The van der Waals surface area contributed by atoms with Gasteiger partial charge in [-0.05, 0) is 43.5 Å². The van der Waals surface area contributed by atoms with Crippen molar-refractivity contribution in [2.45, 2.75) is 38.6 Å². The summed E-state index contributed by atoms with van der Waals surface area (Å²) in [7, 11) is 0. The standard InChI is InChI=1S/C21H27NO/c1-18-9-7-8-14-22(18)15-16-23-21-13-6-5-12-20(21)17-19-10-3-2-4-11-19/h2-6,10-13,18H,7-9,14-17H2,1H3. The number of rotatable bonds is 6. The van der Waals surface area contributed by atoms with E-state index in [1.54, 1.807) is 0 Å². The molecule has 3 rings (SSSR count). The average molecular weight is 309 g/mol. The van der Waals surface area contributed by atoms with Gasteiger partial charge in [-0.2, -0.15) is 0 Å². The molecule has 0 spiro atoms. The Balaban J connectivity index is 1.57. The summed E-state index contributed by atoms with van der Waals surface area (Å²) in [6, 6.07) is 19.7. The summed E-state index contributed by atoms with van der Waals surface area (Å²) in [5.41, 5.74) is 2.60. The molecule has 2 aromatic rings. The third kappa shape index (κ3) is 4.59. The van der Waals surface area contributed by atoms with Gasteiger partial charge in [0.15, 0.2) is 0 Å². The molecule has 1 aliphatic rings. The molecule has 2 nitrogen and oxygen atoms in total. The number of ether oxygens (including phenoxy) is 1. The van der Waals surface area contributed by atoms with Crippen molar-refractivity contribution in [2.75, 3.05) is 19.7 Å². The van der Waals surface area contributed by atoms with Gasteiger partial charge in [0.05, 0.1) is 0 Å². The Hall–Kier alpha value is -1.80. The van der Waals surface area contributed by atoms with Crippen LogP contribution in [0.5, 0.6) is 5.75 Å². The van der Waals surface area contributed by atoms with E-state index in [1.807, 2.05) is 0 Å². The molecule has 23 heavy (non-hydrogen) atoms. The molecule has 2 heteroatoms. The zero-order valence-electron chi connectivity index (χ0n) is 14.1. The van der Waals surface area contributed by atoms with E-state index in [0.29, 0.717) is 6.04 Å². The molecule has 1 fully saturated rings. The summed E-state index contributed by atoms with van der Waals surface area (Å²) in [6.07, 6.45) is 4.95. The Bertz CT molecular complexity index is 596. The van der Waals surface area contributed by atoms with Gasteiger partial charge < -0.3 is 4.74 Å². The van der Waals surface area contributed by atoms with Gasteiger partial charge in [-0.3, -0.25) is 4.90 Å². The highest BCUT2D eigenvalue weighted by Crippen LogP contribution is 2.22. The van der Waals surface area contributed by atoms with Crippen LogP contribution in [-0.4, -0.2) is 30.6 Å². The molecule has 0 bridgehead atoms. The highest BCUT2D eigenvalue weighted by Gasteiger charge is 2.17. The van der Waals surface area contributed by atoms with E-state index in [-0.39, 0.29) is 0 Å². The molecule has 2 aromatic carbocycles. The van der Waals surface area contributed by atoms with Crippen LogP contribution in [0.15, 0.2) is 54.6 Å². The van der Waals surface area contributed by atoms with Crippen molar-refractivity contribution in [1.82, 2.24) is 4.90 Å². The number of piperidine rings is 1. The number of benzene rings is 2. The Morgan fingerprint density at radius 2 is 1.78 bits per heavy atom. The minimum atomic E-state index is 0.701. The lowest BCUT2D eigenvalue weighted by Gasteiger charge is -2.33. The third-order valence-corrected chi connectivity index (χ3v) is 4.79. The fourth-order valence-corrected chi connectivity index (χ4v) is 3.37. The second-order valence-corrected chi connectivity index (χ2v) is 6.50. The SMILES string of the molecule is CC1CCCCN1CCOc1ccccc1Cc1ccccc1. The average Bonchev–Trinajstić information content (AvgIpc) is 2.59. The van der Waals surface area contributed by atoms with Crippen LogP contribution >= 0.6 is 0 Å². The van der Waals surface area contributed by atoms with E-state index in [4.69, 9.17) is 4.74 Å². The first kappa shape index (κ1) is 16.1. The van der Waals surface area contributed by atoms with Gasteiger partial charge in [-0.1, -0.05) is 55.0 Å². The number of hydrogen-bond donors (Lipinski definition) is 0. The molecular formula is C21H27NO. The number of hydrogen-bond acceptors (Lipinski definition) is 2. The van der Waals surface area contributed by atoms with Crippen LogP contribution in [0.4, 0.5) is 0 Å². The highest BCUT2D eigenvalue weighted by atomic mass is 16.5. The van der Waals surface area contributed by atoms with E-state index in [0.717, 1.165) is 25.3 Å². The summed E-state index contributed by atoms with van der Waals surface area (Å²) in [5.74, 6) is 1.03.